The number of hydrogen-bond acceptors (Lipinski definition) is 6. The molecular formula is C26H33NO5. The molecule has 1 aromatic heterocycles. The van der Waals surface area contributed by atoms with Gasteiger partial charge in [-0.25, -0.2) is 4.79 Å². The standard InChI is InChI=1S/C26H33NO5/c1-5-7-13-27(14-8-6-2)17-22-23(28)11-9-18-15-21(26(29)32-25(18)22)20-16-19(30-3)10-12-24(20)31-4/h9-12,15-16,28H,5-8,13-14,17H2,1-4H3. The molecule has 32 heavy (non-hydrogen) atoms. The van der Waals surface area contributed by atoms with Crippen LogP contribution >= 0.6 is 0 Å². The van der Waals surface area contributed by atoms with Crippen LogP contribution in [0.25, 0.3) is 22.1 Å². The zero-order chi connectivity index (χ0) is 23.1. The van der Waals surface area contributed by atoms with Gasteiger partial charge in [0.25, 0.3) is 0 Å². The lowest BCUT2D eigenvalue weighted by atomic mass is 10.0. The molecule has 0 saturated heterocycles. The van der Waals surface area contributed by atoms with Gasteiger partial charge in [-0.3, -0.25) is 4.90 Å². The second-order valence-corrected chi connectivity index (χ2v) is 7.98. The average Bonchev–Trinajstić information content (AvgIpc) is 2.81. The Balaban J connectivity index is 2.08. The smallest absolute Gasteiger partial charge is 0.344 e. The first-order valence-electron chi connectivity index (χ1n) is 11.3. The molecule has 3 aromatic rings. The summed E-state index contributed by atoms with van der Waals surface area (Å²) < 4.78 is 16.6. The molecule has 2 aromatic carbocycles. The van der Waals surface area contributed by atoms with E-state index in [4.69, 9.17) is 13.9 Å². The zero-order valence-corrected chi connectivity index (χ0v) is 19.4. The van der Waals surface area contributed by atoms with Crippen molar-refractivity contribution in [1.82, 2.24) is 4.90 Å². The molecule has 0 radical (unpaired) electrons. The molecule has 0 amide bonds. The van der Waals surface area contributed by atoms with Gasteiger partial charge in [0.1, 0.15) is 22.8 Å². The Kier molecular flexibility index (Phi) is 8.17. The molecule has 0 unspecified atom stereocenters. The van der Waals surface area contributed by atoms with Crippen LogP contribution in [0.3, 0.4) is 0 Å². The Morgan fingerprint density at radius 1 is 0.938 bits per heavy atom. The van der Waals surface area contributed by atoms with Gasteiger partial charge in [0.05, 0.1) is 25.3 Å². The fourth-order valence-corrected chi connectivity index (χ4v) is 3.85. The lowest BCUT2D eigenvalue weighted by molar-refractivity contribution is 0.253. The molecule has 6 nitrogen and oxygen atoms in total. The maximum atomic E-state index is 13.0. The molecule has 0 aliphatic carbocycles. The van der Waals surface area contributed by atoms with Crippen molar-refractivity contribution >= 4 is 11.0 Å². The van der Waals surface area contributed by atoms with E-state index in [2.05, 4.69) is 18.7 Å². The summed E-state index contributed by atoms with van der Waals surface area (Å²) >= 11 is 0. The van der Waals surface area contributed by atoms with E-state index in [9.17, 15) is 9.90 Å². The van der Waals surface area contributed by atoms with E-state index < -0.39 is 5.63 Å². The van der Waals surface area contributed by atoms with E-state index in [0.29, 0.717) is 40.3 Å². The van der Waals surface area contributed by atoms with Crippen molar-refractivity contribution in [3.8, 4) is 28.4 Å². The monoisotopic (exact) mass is 439 g/mol. The summed E-state index contributed by atoms with van der Waals surface area (Å²) in [4.78, 5) is 15.4. The van der Waals surface area contributed by atoms with E-state index in [1.165, 1.54) is 0 Å². The van der Waals surface area contributed by atoms with Crippen molar-refractivity contribution in [2.75, 3.05) is 27.3 Å². The number of ether oxygens (including phenoxy) is 2. The minimum Gasteiger partial charge on any atom is -0.507 e. The third-order valence-electron chi connectivity index (χ3n) is 5.72. The number of nitrogens with zero attached hydrogens (tertiary/aromatic N) is 1. The molecule has 3 rings (SSSR count). The summed E-state index contributed by atoms with van der Waals surface area (Å²) in [5, 5.41) is 11.4. The quantitative estimate of drug-likeness (QED) is 0.393. The molecule has 172 valence electrons. The molecular weight excluding hydrogens is 406 g/mol. The van der Waals surface area contributed by atoms with Crippen molar-refractivity contribution in [3.05, 3.63) is 52.4 Å². The molecule has 0 saturated carbocycles. The number of hydrogen-bond donors (Lipinski definition) is 1. The van der Waals surface area contributed by atoms with Crippen LogP contribution in [-0.4, -0.2) is 37.3 Å². The molecule has 0 aliphatic rings. The summed E-state index contributed by atoms with van der Waals surface area (Å²) in [6, 6.07) is 10.5. The summed E-state index contributed by atoms with van der Waals surface area (Å²) in [5.74, 6) is 1.32. The molecule has 0 bridgehead atoms. The predicted octanol–water partition coefficient (Wildman–Crippen LogP) is 5.59. The second kappa shape index (κ2) is 11.0. The predicted molar refractivity (Wildman–Crippen MR) is 128 cm³/mol. The Labute approximate surface area is 189 Å². The average molecular weight is 440 g/mol. The van der Waals surface area contributed by atoms with Gasteiger partial charge in [0, 0.05) is 17.5 Å². The van der Waals surface area contributed by atoms with Crippen LogP contribution in [0, 0.1) is 0 Å². The van der Waals surface area contributed by atoms with Gasteiger partial charge in [0.2, 0.25) is 0 Å². The van der Waals surface area contributed by atoms with Crippen LogP contribution in [-0.2, 0) is 6.54 Å². The van der Waals surface area contributed by atoms with Crippen molar-refractivity contribution in [2.24, 2.45) is 0 Å². The Morgan fingerprint density at radius 3 is 2.28 bits per heavy atom. The van der Waals surface area contributed by atoms with E-state index >= 15 is 0 Å². The van der Waals surface area contributed by atoms with E-state index in [1.54, 1.807) is 50.6 Å². The van der Waals surface area contributed by atoms with Crippen LogP contribution in [0.4, 0.5) is 0 Å². The molecule has 0 fully saturated rings. The second-order valence-electron chi connectivity index (χ2n) is 7.98. The number of phenolic OH excluding ortho intramolecular Hbond substituents is 1. The maximum Gasteiger partial charge on any atom is 0.344 e. The van der Waals surface area contributed by atoms with Gasteiger partial charge >= 0.3 is 5.63 Å². The van der Waals surface area contributed by atoms with Crippen molar-refractivity contribution in [2.45, 2.75) is 46.1 Å². The van der Waals surface area contributed by atoms with Crippen molar-refractivity contribution in [1.29, 1.82) is 0 Å². The highest BCUT2D eigenvalue weighted by Crippen LogP contribution is 2.35. The molecule has 1 heterocycles. The fourth-order valence-electron chi connectivity index (χ4n) is 3.85. The molecule has 1 N–H and O–H groups in total. The summed E-state index contributed by atoms with van der Waals surface area (Å²) in [6.07, 6.45) is 4.37. The van der Waals surface area contributed by atoms with Gasteiger partial charge in [-0.15, -0.1) is 0 Å². The van der Waals surface area contributed by atoms with Gasteiger partial charge in [-0.1, -0.05) is 26.7 Å². The van der Waals surface area contributed by atoms with Gasteiger partial charge in [-0.2, -0.15) is 0 Å². The number of phenols is 1. The third-order valence-corrected chi connectivity index (χ3v) is 5.72. The summed E-state index contributed by atoms with van der Waals surface area (Å²) in [7, 11) is 3.14. The first kappa shape index (κ1) is 23.7. The molecule has 0 aliphatic heterocycles. The van der Waals surface area contributed by atoms with Gasteiger partial charge in [0.15, 0.2) is 0 Å². The number of unbranched alkanes of at least 4 members (excludes halogenated alkanes) is 2. The fraction of sp³-hybridized carbons (Fsp3) is 0.423. The lowest BCUT2D eigenvalue weighted by Crippen LogP contribution is -2.25. The van der Waals surface area contributed by atoms with Crippen LogP contribution in [0.15, 0.2) is 45.6 Å². The first-order chi connectivity index (χ1) is 15.5. The summed E-state index contributed by atoms with van der Waals surface area (Å²) in [5.41, 5.74) is 1.59. The van der Waals surface area contributed by atoms with Gasteiger partial charge in [-0.05, 0) is 62.3 Å². The normalized spacial score (nSPS) is 11.3. The largest absolute Gasteiger partial charge is 0.507 e. The first-order valence-corrected chi connectivity index (χ1v) is 11.3. The zero-order valence-electron chi connectivity index (χ0n) is 19.4. The van der Waals surface area contributed by atoms with Crippen LogP contribution < -0.4 is 15.1 Å². The summed E-state index contributed by atoms with van der Waals surface area (Å²) in [6.45, 7) is 6.75. The minimum absolute atomic E-state index is 0.144. The van der Waals surface area contributed by atoms with Crippen LogP contribution in [0.1, 0.15) is 45.1 Å². The Hall–Kier alpha value is -2.99. The van der Waals surface area contributed by atoms with Gasteiger partial charge < -0.3 is 19.0 Å². The van der Waals surface area contributed by atoms with Crippen molar-refractivity contribution < 1.29 is 19.0 Å². The number of aromatic hydroxyl groups is 1. The topological polar surface area (TPSA) is 72.1 Å². The number of fused-ring (bicyclic) bond motifs is 1. The maximum absolute atomic E-state index is 13.0. The van der Waals surface area contributed by atoms with Crippen LogP contribution in [0.2, 0.25) is 0 Å². The number of benzene rings is 2. The Bertz CT molecular complexity index is 1100. The molecule has 0 atom stereocenters. The highest BCUT2D eigenvalue weighted by molar-refractivity contribution is 5.87. The van der Waals surface area contributed by atoms with E-state index in [0.717, 1.165) is 44.2 Å². The highest BCUT2D eigenvalue weighted by atomic mass is 16.5. The van der Waals surface area contributed by atoms with E-state index in [-0.39, 0.29) is 5.75 Å². The highest BCUT2D eigenvalue weighted by Gasteiger charge is 2.18. The SMILES string of the molecule is CCCCN(CCCC)Cc1c(O)ccc2cc(-c3cc(OC)ccc3OC)c(=O)oc12. The minimum atomic E-state index is -0.482. The lowest BCUT2D eigenvalue weighted by Gasteiger charge is -2.23. The molecule has 0 spiro atoms. The number of methoxy groups -OCH3 is 2. The third kappa shape index (κ3) is 5.25. The van der Waals surface area contributed by atoms with Crippen LogP contribution in [0.5, 0.6) is 17.2 Å². The number of rotatable bonds is 11. The van der Waals surface area contributed by atoms with Crippen molar-refractivity contribution in [3.63, 3.8) is 0 Å². The molecule has 6 heteroatoms. The Morgan fingerprint density at radius 2 is 1.66 bits per heavy atom. The van der Waals surface area contributed by atoms with E-state index in [1.807, 2.05) is 0 Å².